The van der Waals surface area contributed by atoms with E-state index >= 15 is 0 Å². The van der Waals surface area contributed by atoms with Crippen LogP contribution in [0.3, 0.4) is 0 Å². The predicted octanol–water partition coefficient (Wildman–Crippen LogP) is 3.68. The number of rotatable bonds is 6. The van der Waals surface area contributed by atoms with E-state index < -0.39 is 15.4 Å². The second-order valence-electron chi connectivity index (χ2n) is 7.54. The molecule has 0 aliphatic heterocycles. The minimum Gasteiger partial charge on any atom is -0.299 e. The molecule has 7 heteroatoms. The highest BCUT2D eigenvalue weighted by molar-refractivity contribution is 7.89. The maximum atomic E-state index is 12.6. The van der Waals surface area contributed by atoms with Crippen molar-refractivity contribution in [2.75, 3.05) is 6.54 Å². The molecule has 2 aromatic carbocycles. The van der Waals surface area contributed by atoms with Crippen LogP contribution in [-0.2, 0) is 15.4 Å². The average molecular weight is 407 g/mol. The molecule has 1 N–H and O–H groups in total. The lowest BCUT2D eigenvalue weighted by Crippen LogP contribution is -2.36. The third kappa shape index (κ3) is 3.92. The second-order valence-corrected chi connectivity index (χ2v) is 9.31. The zero-order valence-corrected chi connectivity index (χ0v) is 17.1. The molecule has 0 saturated heterocycles. The molecule has 2 aromatic heterocycles. The molecule has 0 atom stereocenters. The summed E-state index contributed by atoms with van der Waals surface area (Å²) in [5.74, 6) is 0. The molecule has 29 heavy (non-hydrogen) atoms. The summed E-state index contributed by atoms with van der Waals surface area (Å²) in [5, 5.41) is 0. The summed E-state index contributed by atoms with van der Waals surface area (Å²) < 4.78 is 29.8. The van der Waals surface area contributed by atoms with Crippen LogP contribution in [0.1, 0.15) is 19.4 Å². The molecule has 6 nitrogen and oxygen atoms in total. The first-order valence-electron chi connectivity index (χ1n) is 9.30. The van der Waals surface area contributed by atoms with Crippen LogP contribution >= 0.6 is 0 Å². The Morgan fingerprint density at radius 1 is 1.00 bits per heavy atom. The van der Waals surface area contributed by atoms with E-state index in [4.69, 9.17) is 0 Å². The van der Waals surface area contributed by atoms with Crippen molar-refractivity contribution in [3.8, 4) is 5.69 Å². The minimum atomic E-state index is -3.55. The Morgan fingerprint density at radius 2 is 1.72 bits per heavy atom. The van der Waals surface area contributed by atoms with Gasteiger partial charge in [0.15, 0.2) is 0 Å². The predicted molar refractivity (Wildman–Crippen MR) is 114 cm³/mol. The zero-order chi connectivity index (χ0) is 20.5. The van der Waals surface area contributed by atoms with Crippen LogP contribution in [0, 0.1) is 0 Å². The number of sulfonamides is 1. The largest absolute Gasteiger partial charge is 0.299 e. The van der Waals surface area contributed by atoms with Crippen LogP contribution in [-0.4, -0.2) is 29.5 Å². The van der Waals surface area contributed by atoms with Crippen LogP contribution in [0.15, 0.2) is 84.3 Å². The Hall–Kier alpha value is -3.03. The monoisotopic (exact) mass is 406 g/mol. The van der Waals surface area contributed by atoms with Crippen molar-refractivity contribution in [3.63, 3.8) is 0 Å². The molecule has 0 fully saturated rings. The fraction of sp³-hybridized carbons (Fsp3) is 0.182. The molecule has 0 aliphatic rings. The van der Waals surface area contributed by atoms with Crippen molar-refractivity contribution in [1.29, 1.82) is 0 Å². The Bertz CT molecular complexity index is 1230. The molecule has 0 amide bonds. The molecule has 0 radical (unpaired) electrons. The summed E-state index contributed by atoms with van der Waals surface area (Å²) in [6.07, 6.45) is 5.28. The van der Waals surface area contributed by atoms with E-state index in [1.807, 2.05) is 48.7 Å². The van der Waals surface area contributed by atoms with Gasteiger partial charge in [-0.15, -0.1) is 0 Å². The molecule has 148 valence electrons. The first kappa shape index (κ1) is 19.3. The summed E-state index contributed by atoms with van der Waals surface area (Å²) in [6, 6.07) is 18.3. The van der Waals surface area contributed by atoms with Crippen molar-refractivity contribution in [2.45, 2.75) is 24.2 Å². The number of aromatic nitrogens is 3. The fourth-order valence-corrected chi connectivity index (χ4v) is 4.44. The molecular weight excluding hydrogens is 384 g/mol. The molecule has 0 saturated carbocycles. The quantitative estimate of drug-likeness (QED) is 0.530. The van der Waals surface area contributed by atoms with Gasteiger partial charge in [-0.3, -0.25) is 9.55 Å². The maximum Gasteiger partial charge on any atom is 0.240 e. The number of nitrogens with zero attached hydrogens (tertiary/aromatic N) is 3. The Kier molecular flexibility index (Phi) is 4.94. The van der Waals surface area contributed by atoms with Gasteiger partial charge in [0.1, 0.15) is 6.33 Å². The normalized spacial score (nSPS) is 12.3. The Labute approximate surface area is 170 Å². The molecule has 0 aliphatic carbocycles. The number of imidazole rings is 1. The third-order valence-corrected chi connectivity index (χ3v) is 6.44. The number of nitrogens with one attached hydrogen (secondary N) is 1. The number of pyridine rings is 1. The minimum absolute atomic E-state index is 0.266. The van der Waals surface area contributed by atoms with E-state index in [1.165, 1.54) is 0 Å². The van der Waals surface area contributed by atoms with E-state index in [9.17, 15) is 8.42 Å². The van der Waals surface area contributed by atoms with E-state index in [1.54, 1.807) is 49.1 Å². The number of hydrogen-bond donors (Lipinski definition) is 1. The Morgan fingerprint density at radius 3 is 2.45 bits per heavy atom. The van der Waals surface area contributed by atoms with Gasteiger partial charge in [-0.25, -0.2) is 18.1 Å². The zero-order valence-electron chi connectivity index (χ0n) is 16.3. The smallest absolute Gasteiger partial charge is 0.240 e. The van der Waals surface area contributed by atoms with Gasteiger partial charge in [-0.1, -0.05) is 38.1 Å². The SMILES string of the molecule is CC(C)(CNS(=O)(=O)c1ccccc1)c1ccc2c(c1)ncn2-c1ccncc1. The molecule has 0 bridgehead atoms. The fourth-order valence-electron chi connectivity index (χ4n) is 3.20. The third-order valence-electron chi connectivity index (χ3n) is 5.03. The van der Waals surface area contributed by atoms with Crippen LogP contribution in [0.4, 0.5) is 0 Å². The summed E-state index contributed by atoms with van der Waals surface area (Å²) in [4.78, 5) is 8.85. The number of benzene rings is 2. The highest BCUT2D eigenvalue weighted by atomic mass is 32.2. The topological polar surface area (TPSA) is 76.9 Å². The molecule has 2 heterocycles. The van der Waals surface area contributed by atoms with Crippen molar-refractivity contribution in [3.05, 3.63) is 84.9 Å². The number of fused-ring (bicyclic) bond motifs is 1. The van der Waals surface area contributed by atoms with Crippen LogP contribution in [0.5, 0.6) is 0 Å². The summed E-state index contributed by atoms with van der Waals surface area (Å²) in [6.45, 7) is 4.31. The standard InChI is InChI=1S/C22H22N4O2S/c1-22(2,15-25-29(27,28)19-6-4-3-5-7-19)17-8-9-21-20(14-17)24-16-26(21)18-10-12-23-13-11-18/h3-14,16,25H,15H2,1-2H3. The van der Waals surface area contributed by atoms with E-state index in [2.05, 4.69) is 14.7 Å². The van der Waals surface area contributed by atoms with E-state index in [-0.39, 0.29) is 11.4 Å². The highest BCUT2D eigenvalue weighted by Gasteiger charge is 2.25. The summed E-state index contributed by atoms with van der Waals surface area (Å²) >= 11 is 0. The molecule has 4 rings (SSSR count). The van der Waals surface area contributed by atoms with Crippen LogP contribution < -0.4 is 4.72 Å². The average Bonchev–Trinajstić information content (AvgIpc) is 3.17. The van der Waals surface area contributed by atoms with E-state index in [0.29, 0.717) is 0 Å². The van der Waals surface area contributed by atoms with Gasteiger partial charge >= 0.3 is 0 Å². The molecule has 0 spiro atoms. The van der Waals surface area contributed by atoms with Crippen molar-refractivity contribution in [1.82, 2.24) is 19.3 Å². The van der Waals surface area contributed by atoms with Gasteiger partial charge in [0.05, 0.1) is 21.6 Å². The number of hydrogen-bond acceptors (Lipinski definition) is 4. The van der Waals surface area contributed by atoms with Crippen molar-refractivity contribution < 1.29 is 8.42 Å². The van der Waals surface area contributed by atoms with Gasteiger partial charge in [-0.05, 0) is 42.0 Å². The second kappa shape index (κ2) is 7.42. The molecule has 4 aromatic rings. The first-order valence-corrected chi connectivity index (χ1v) is 10.8. The lowest BCUT2D eigenvalue weighted by Gasteiger charge is -2.25. The summed E-state index contributed by atoms with van der Waals surface area (Å²) in [5.41, 5.74) is 3.45. The lowest BCUT2D eigenvalue weighted by atomic mass is 9.85. The van der Waals surface area contributed by atoms with Crippen molar-refractivity contribution in [2.24, 2.45) is 0 Å². The van der Waals surface area contributed by atoms with Crippen LogP contribution in [0.2, 0.25) is 0 Å². The maximum absolute atomic E-state index is 12.6. The lowest BCUT2D eigenvalue weighted by molar-refractivity contribution is 0.502. The van der Waals surface area contributed by atoms with Gasteiger partial charge in [-0.2, -0.15) is 0 Å². The van der Waals surface area contributed by atoms with Crippen LogP contribution in [0.25, 0.3) is 16.7 Å². The first-order chi connectivity index (χ1) is 13.9. The van der Waals surface area contributed by atoms with Crippen molar-refractivity contribution >= 4 is 21.1 Å². The molecule has 0 unspecified atom stereocenters. The van der Waals surface area contributed by atoms with Gasteiger partial charge in [0, 0.05) is 24.4 Å². The molecular formula is C22H22N4O2S. The van der Waals surface area contributed by atoms with Gasteiger partial charge in [0.25, 0.3) is 0 Å². The van der Waals surface area contributed by atoms with Gasteiger partial charge < -0.3 is 0 Å². The van der Waals surface area contributed by atoms with Gasteiger partial charge in [0.2, 0.25) is 10.0 Å². The van der Waals surface area contributed by atoms with E-state index in [0.717, 1.165) is 22.3 Å². The Balaban J connectivity index is 1.59. The summed E-state index contributed by atoms with van der Waals surface area (Å²) in [7, 11) is -3.55. The highest BCUT2D eigenvalue weighted by Crippen LogP contribution is 2.27.